The molecule has 3 aromatic carbocycles. The van der Waals surface area contributed by atoms with Crippen molar-refractivity contribution in [2.75, 3.05) is 5.32 Å². The maximum Gasteiger partial charge on any atom is 0.238 e. The molecule has 1 aliphatic heterocycles. The third-order valence-electron chi connectivity index (χ3n) is 7.54. The highest BCUT2D eigenvalue weighted by Gasteiger charge is 2.63. The second kappa shape index (κ2) is 7.40. The fourth-order valence-electron chi connectivity index (χ4n) is 6.05. The van der Waals surface area contributed by atoms with Crippen LogP contribution in [0.4, 0.5) is 5.82 Å². The molecule has 1 aliphatic carbocycles. The van der Waals surface area contributed by atoms with Crippen molar-refractivity contribution in [2.45, 2.75) is 31.7 Å². The molecule has 6 rings (SSSR count). The molecule has 1 spiro atoms. The predicted octanol–water partition coefficient (Wildman–Crippen LogP) is 4.91. The smallest absolute Gasteiger partial charge is 0.238 e. The highest BCUT2D eigenvalue weighted by Crippen LogP contribution is 2.57. The number of Topliss-reactive ketones (excluding diaryl/α,β-unsaturated/α-hetero) is 2. The molecule has 0 bridgehead atoms. The number of phenolic OH excluding ortho intramolecular Hbond substituents is 1. The van der Waals surface area contributed by atoms with Crippen molar-refractivity contribution < 1.29 is 19.5 Å². The molecular weight excluding hydrogens is 466 g/mol. The van der Waals surface area contributed by atoms with Gasteiger partial charge in [-0.05, 0) is 49.2 Å². The molecule has 0 unspecified atom stereocenters. The zero-order valence-electron chi connectivity index (χ0n) is 20.5. The number of aromatic nitrogens is 1. The van der Waals surface area contributed by atoms with Crippen molar-refractivity contribution in [3.05, 3.63) is 94.7 Å². The van der Waals surface area contributed by atoms with Gasteiger partial charge in [0.25, 0.3) is 0 Å². The summed E-state index contributed by atoms with van der Waals surface area (Å²) in [5.41, 5.74) is -0.944. The molecule has 1 aromatic heterocycles. The SMILES string of the molecule is CC(C)(C)n1cc(C#N)c2c1NC(=O)[C@H](C(=O)c1ccccc1O)[C@@]21C(=O)c2cccc3cccc1c23. The van der Waals surface area contributed by atoms with Gasteiger partial charge in [0.15, 0.2) is 11.6 Å². The van der Waals surface area contributed by atoms with Gasteiger partial charge in [-0.25, -0.2) is 0 Å². The average molecular weight is 490 g/mol. The normalized spacial score (nSPS) is 20.1. The minimum absolute atomic E-state index is 0.0600. The minimum Gasteiger partial charge on any atom is -0.507 e. The van der Waals surface area contributed by atoms with E-state index in [0.717, 1.165) is 5.39 Å². The number of carbonyl (C=O) groups excluding carboxylic acids is 3. The lowest BCUT2D eigenvalue weighted by Gasteiger charge is -2.41. The molecule has 0 saturated heterocycles. The molecular formula is C30H23N3O4. The molecule has 0 fully saturated rings. The zero-order chi connectivity index (χ0) is 26.3. The molecule has 182 valence electrons. The van der Waals surface area contributed by atoms with Crippen LogP contribution in [0, 0.1) is 17.2 Å². The van der Waals surface area contributed by atoms with Crippen LogP contribution in [0.3, 0.4) is 0 Å². The number of hydrogen-bond donors (Lipinski definition) is 2. The van der Waals surface area contributed by atoms with E-state index >= 15 is 0 Å². The summed E-state index contributed by atoms with van der Waals surface area (Å²) in [5, 5.41) is 25.1. The molecule has 2 N–H and O–H groups in total. The molecule has 7 nitrogen and oxygen atoms in total. The average Bonchev–Trinajstić information content (AvgIpc) is 3.36. The van der Waals surface area contributed by atoms with Gasteiger partial charge in [-0.15, -0.1) is 0 Å². The molecule has 7 heteroatoms. The number of anilines is 1. The zero-order valence-corrected chi connectivity index (χ0v) is 20.5. The largest absolute Gasteiger partial charge is 0.507 e. The van der Waals surface area contributed by atoms with E-state index in [1.54, 1.807) is 47.2 Å². The molecule has 0 saturated carbocycles. The van der Waals surface area contributed by atoms with E-state index in [4.69, 9.17) is 0 Å². The van der Waals surface area contributed by atoms with E-state index in [0.29, 0.717) is 27.9 Å². The van der Waals surface area contributed by atoms with E-state index in [1.165, 1.54) is 12.1 Å². The van der Waals surface area contributed by atoms with Crippen LogP contribution < -0.4 is 5.32 Å². The van der Waals surface area contributed by atoms with Gasteiger partial charge in [0.1, 0.15) is 29.0 Å². The quantitative estimate of drug-likeness (QED) is 0.307. The number of benzene rings is 3. The van der Waals surface area contributed by atoms with Crippen molar-refractivity contribution in [2.24, 2.45) is 5.92 Å². The van der Waals surface area contributed by atoms with Gasteiger partial charge in [-0.2, -0.15) is 5.26 Å². The van der Waals surface area contributed by atoms with Crippen molar-refractivity contribution in [3.63, 3.8) is 0 Å². The Morgan fingerprint density at radius 2 is 1.76 bits per heavy atom. The Kier molecular flexibility index (Phi) is 4.55. The van der Waals surface area contributed by atoms with Crippen LogP contribution in [0.2, 0.25) is 0 Å². The van der Waals surface area contributed by atoms with E-state index in [-0.39, 0.29) is 16.9 Å². The number of nitrogens with zero attached hydrogens (tertiary/aromatic N) is 2. The predicted molar refractivity (Wildman–Crippen MR) is 138 cm³/mol. The van der Waals surface area contributed by atoms with E-state index < -0.39 is 34.3 Å². The number of rotatable bonds is 2. The molecule has 2 aliphatic rings. The van der Waals surface area contributed by atoms with Crippen LogP contribution in [0.1, 0.15) is 58.2 Å². The first kappa shape index (κ1) is 22.7. The second-order valence-corrected chi connectivity index (χ2v) is 10.6. The highest BCUT2D eigenvalue weighted by atomic mass is 16.3. The number of aromatic hydroxyl groups is 1. The summed E-state index contributed by atoms with van der Waals surface area (Å²) < 4.78 is 1.78. The number of carbonyl (C=O) groups is 3. The fourth-order valence-corrected chi connectivity index (χ4v) is 6.05. The van der Waals surface area contributed by atoms with Crippen LogP contribution in [0.25, 0.3) is 10.8 Å². The molecule has 0 radical (unpaired) electrons. The number of nitrogens with one attached hydrogen (secondary N) is 1. The number of amides is 1. The van der Waals surface area contributed by atoms with E-state index in [2.05, 4.69) is 11.4 Å². The number of fused-ring (bicyclic) bond motifs is 3. The summed E-state index contributed by atoms with van der Waals surface area (Å²) in [4.78, 5) is 42.7. The first-order chi connectivity index (χ1) is 17.6. The van der Waals surface area contributed by atoms with Crippen LogP contribution in [-0.2, 0) is 15.7 Å². The lowest BCUT2D eigenvalue weighted by atomic mass is 9.60. The van der Waals surface area contributed by atoms with Crippen molar-refractivity contribution in [3.8, 4) is 11.8 Å². The van der Waals surface area contributed by atoms with E-state index in [9.17, 15) is 24.8 Å². The van der Waals surface area contributed by atoms with Crippen LogP contribution in [-0.4, -0.2) is 27.1 Å². The van der Waals surface area contributed by atoms with Crippen LogP contribution >= 0.6 is 0 Å². The summed E-state index contributed by atoms with van der Waals surface area (Å²) in [6.07, 6.45) is 1.63. The third kappa shape index (κ3) is 2.78. The standard InChI is InChI=1S/C30H23N3O4/c1-29(2,3)33-15-17(14-31)23-27(33)32-28(37)24(25(35)18-10-4-5-13-21(18)34)30(23)20-12-7-9-16-8-6-11-19(22(16)20)26(30)36/h4-13,15,24,34H,1-3H3,(H,32,37)/t24-,30-/m0/s1. The van der Waals surface area contributed by atoms with Crippen LogP contribution in [0.5, 0.6) is 5.75 Å². The third-order valence-corrected chi connectivity index (χ3v) is 7.54. The van der Waals surface area contributed by atoms with Gasteiger partial charge < -0.3 is 15.0 Å². The van der Waals surface area contributed by atoms with Crippen LogP contribution in [0.15, 0.2) is 66.9 Å². The Bertz CT molecular complexity index is 1730. The Balaban J connectivity index is 1.78. The van der Waals surface area contributed by atoms with Gasteiger partial charge in [0.05, 0.1) is 11.1 Å². The number of ketones is 2. The lowest BCUT2D eigenvalue weighted by Crippen LogP contribution is -2.54. The molecule has 2 atom stereocenters. The fraction of sp³-hybridized carbons (Fsp3) is 0.200. The Morgan fingerprint density at radius 1 is 1.05 bits per heavy atom. The van der Waals surface area contributed by atoms with Crippen molar-refractivity contribution in [1.82, 2.24) is 4.57 Å². The van der Waals surface area contributed by atoms with Crippen molar-refractivity contribution >= 4 is 34.1 Å². The molecule has 1 amide bonds. The van der Waals surface area contributed by atoms with Gasteiger partial charge >= 0.3 is 0 Å². The van der Waals surface area contributed by atoms with Gasteiger partial charge in [0.2, 0.25) is 5.91 Å². The van der Waals surface area contributed by atoms with E-state index in [1.807, 2.05) is 32.9 Å². The van der Waals surface area contributed by atoms with Gasteiger partial charge in [-0.1, -0.05) is 48.5 Å². The number of phenols is 1. The first-order valence-electron chi connectivity index (χ1n) is 12.0. The molecule has 2 heterocycles. The minimum atomic E-state index is -1.78. The maximum absolute atomic E-state index is 14.6. The van der Waals surface area contributed by atoms with Gasteiger partial charge in [0, 0.05) is 22.9 Å². The second-order valence-electron chi connectivity index (χ2n) is 10.6. The number of nitriles is 1. The number of hydrogen-bond acceptors (Lipinski definition) is 5. The summed E-state index contributed by atoms with van der Waals surface area (Å²) in [7, 11) is 0. The first-order valence-corrected chi connectivity index (χ1v) is 12.0. The Hall–Kier alpha value is -4.70. The van der Waals surface area contributed by atoms with Crippen molar-refractivity contribution in [1.29, 1.82) is 5.26 Å². The maximum atomic E-state index is 14.6. The summed E-state index contributed by atoms with van der Waals surface area (Å²) in [6, 6.07) is 19.0. The Labute approximate surface area is 213 Å². The summed E-state index contributed by atoms with van der Waals surface area (Å²) >= 11 is 0. The lowest BCUT2D eigenvalue weighted by molar-refractivity contribution is -0.120. The number of para-hydroxylation sites is 1. The highest BCUT2D eigenvalue weighted by molar-refractivity contribution is 6.30. The molecule has 37 heavy (non-hydrogen) atoms. The Morgan fingerprint density at radius 3 is 2.43 bits per heavy atom. The summed E-state index contributed by atoms with van der Waals surface area (Å²) in [5.74, 6) is -3.25. The summed E-state index contributed by atoms with van der Waals surface area (Å²) in [6.45, 7) is 5.79. The van der Waals surface area contributed by atoms with Gasteiger partial charge in [-0.3, -0.25) is 14.4 Å². The topological polar surface area (TPSA) is 112 Å². The monoisotopic (exact) mass is 489 g/mol. The molecule has 4 aromatic rings.